The average molecular weight is 222 g/mol. The molecule has 1 aromatic rings. The first-order valence-corrected chi connectivity index (χ1v) is 5.11. The van der Waals surface area contributed by atoms with Crippen molar-refractivity contribution in [1.82, 2.24) is 5.43 Å². The number of rotatable bonds is 5. The van der Waals surface area contributed by atoms with E-state index in [0.717, 1.165) is 5.75 Å². The average Bonchev–Trinajstić information content (AvgIpc) is 2.22. The molecule has 5 nitrogen and oxygen atoms in total. The molecule has 0 aliphatic carbocycles. The van der Waals surface area contributed by atoms with Crippen molar-refractivity contribution in [3.63, 3.8) is 0 Å². The Hall–Kier alpha value is -1.91. The Morgan fingerprint density at radius 3 is 2.69 bits per heavy atom. The largest absolute Gasteiger partial charge is 0.492 e. The fourth-order valence-electron chi connectivity index (χ4n) is 1.17. The first-order chi connectivity index (χ1) is 7.59. The molecule has 0 saturated carbocycles. The van der Waals surface area contributed by atoms with E-state index in [4.69, 9.17) is 16.2 Å². The van der Waals surface area contributed by atoms with Crippen LogP contribution in [0.1, 0.15) is 11.1 Å². The summed E-state index contributed by atoms with van der Waals surface area (Å²) in [5.41, 5.74) is 15.5. The summed E-state index contributed by atoms with van der Waals surface area (Å²) >= 11 is 0. The summed E-state index contributed by atoms with van der Waals surface area (Å²) in [7, 11) is 0. The molecule has 0 saturated heterocycles. The molecule has 0 radical (unpaired) electrons. The summed E-state index contributed by atoms with van der Waals surface area (Å²) in [6.45, 7) is 5.20. The maximum absolute atomic E-state index is 5.51. The zero-order chi connectivity index (χ0) is 12.0. The van der Waals surface area contributed by atoms with Gasteiger partial charge in [-0.15, -0.1) is 5.10 Å². The molecule has 1 rings (SSSR count). The third-order valence-corrected chi connectivity index (χ3v) is 2.17. The van der Waals surface area contributed by atoms with Crippen molar-refractivity contribution in [2.75, 3.05) is 13.2 Å². The van der Waals surface area contributed by atoms with Crippen LogP contribution >= 0.6 is 0 Å². The quantitative estimate of drug-likeness (QED) is 0.292. The fourth-order valence-corrected chi connectivity index (χ4v) is 1.17. The third-order valence-electron chi connectivity index (χ3n) is 2.17. The lowest BCUT2D eigenvalue weighted by atomic mass is 10.1. The molecule has 0 fully saturated rings. The van der Waals surface area contributed by atoms with Crippen molar-refractivity contribution in [3.8, 4) is 5.75 Å². The van der Waals surface area contributed by atoms with E-state index in [-0.39, 0.29) is 5.96 Å². The molecule has 0 unspecified atom stereocenters. The zero-order valence-electron chi connectivity index (χ0n) is 9.66. The molecule has 88 valence electrons. The lowest BCUT2D eigenvalue weighted by Crippen LogP contribution is -2.27. The standard InChI is InChI=1S/C11H18N4O/c1-8-3-4-10(7-9(8)2)16-6-5-14-15-11(12)13/h3-4,7,14H,5-6H2,1-2H3,(H4,12,13,15). The van der Waals surface area contributed by atoms with Crippen molar-refractivity contribution in [1.29, 1.82) is 0 Å². The van der Waals surface area contributed by atoms with Gasteiger partial charge >= 0.3 is 0 Å². The number of hydrogen-bond acceptors (Lipinski definition) is 3. The van der Waals surface area contributed by atoms with E-state index < -0.39 is 0 Å². The number of nitrogens with zero attached hydrogens (tertiary/aromatic N) is 1. The normalized spacial score (nSPS) is 9.62. The van der Waals surface area contributed by atoms with Gasteiger partial charge in [0.05, 0.1) is 6.54 Å². The number of aryl methyl sites for hydroxylation is 2. The minimum absolute atomic E-state index is 0.0196. The maximum atomic E-state index is 5.51. The molecule has 16 heavy (non-hydrogen) atoms. The Labute approximate surface area is 95.5 Å². The van der Waals surface area contributed by atoms with Gasteiger partial charge in [-0.25, -0.2) is 0 Å². The van der Waals surface area contributed by atoms with Gasteiger partial charge in [0, 0.05) is 0 Å². The molecule has 0 aromatic heterocycles. The summed E-state index contributed by atoms with van der Waals surface area (Å²) in [5.74, 6) is 0.876. The number of nitrogens with one attached hydrogen (secondary N) is 1. The topological polar surface area (TPSA) is 85.7 Å². The van der Waals surface area contributed by atoms with Gasteiger partial charge in [-0.3, -0.25) is 0 Å². The molecule has 0 amide bonds. The van der Waals surface area contributed by atoms with Gasteiger partial charge in [0.2, 0.25) is 5.96 Å². The molecule has 0 aliphatic rings. The van der Waals surface area contributed by atoms with E-state index in [1.807, 2.05) is 18.2 Å². The van der Waals surface area contributed by atoms with Crippen LogP contribution in [0, 0.1) is 13.8 Å². The van der Waals surface area contributed by atoms with Crippen LogP contribution in [0.3, 0.4) is 0 Å². The van der Waals surface area contributed by atoms with E-state index in [1.54, 1.807) is 0 Å². The van der Waals surface area contributed by atoms with Crippen LogP contribution in [0.15, 0.2) is 23.3 Å². The second kappa shape index (κ2) is 5.85. The number of hydrogen-bond donors (Lipinski definition) is 3. The third kappa shape index (κ3) is 4.08. The molecule has 0 atom stereocenters. The van der Waals surface area contributed by atoms with Gasteiger partial charge in [0.15, 0.2) is 0 Å². The minimum atomic E-state index is 0.0196. The first kappa shape index (κ1) is 12.2. The highest BCUT2D eigenvalue weighted by Gasteiger charge is 1.96. The molecule has 0 heterocycles. The lowest BCUT2D eigenvalue weighted by molar-refractivity contribution is 0.315. The summed E-state index contributed by atoms with van der Waals surface area (Å²) in [6.07, 6.45) is 0. The summed E-state index contributed by atoms with van der Waals surface area (Å²) < 4.78 is 5.51. The van der Waals surface area contributed by atoms with Gasteiger partial charge in [-0.05, 0) is 37.1 Å². The Balaban J connectivity index is 2.32. The summed E-state index contributed by atoms with van der Waals surface area (Å²) in [5, 5.41) is 3.63. The zero-order valence-corrected chi connectivity index (χ0v) is 9.66. The van der Waals surface area contributed by atoms with Gasteiger partial charge in [0.1, 0.15) is 12.4 Å². The van der Waals surface area contributed by atoms with Crippen molar-refractivity contribution in [2.24, 2.45) is 16.6 Å². The van der Waals surface area contributed by atoms with E-state index in [0.29, 0.717) is 13.2 Å². The smallest absolute Gasteiger partial charge is 0.208 e. The highest BCUT2D eigenvalue weighted by atomic mass is 16.5. The van der Waals surface area contributed by atoms with Gasteiger partial charge in [-0.2, -0.15) is 0 Å². The Bertz CT molecular complexity index is 372. The predicted molar refractivity (Wildman–Crippen MR) is 65.2 cm³/mol. The Morgan fingerprint density at radius 1 is 1.31 bits per heavy atom. The van der Waals surface area contributed by atoms with Crippen LogP contribution in [-0.2, 0) is 0 Å². The number of nitrogens with two attached hydrogens (primary N) is 2. The molecule has 0 bridgehead atoms. The first-order valence-electron chi connectivity index (χ1n) is 5.11. The second-order valence-corrected chi connectivity index (χ2v) is 3.54. The molecule has 0 aliphatic heterocycles. The number of hydrazone groups is 1. The van der Waals surface area contributed by atoms with Crippen LogP contribution in [0.25, 0.3) is 0 Å². The summed E-state index contributed by atoms with van der Waals surface area (Å²) in [6, 6.07) is 5.99. The van der Waals surface area contributed by atoms with E-state index in [1.165, 1.54) is 11.1 Å². The molecule has 5 heteroatoms. The van der Waals surface area contributed by atoms with Crippen LogP contribution in [0.5, 0.6) is 5.75 Å². The van der Waals surface area contributed by atoms with Crippen molar-refractivity contribution in [2.45, 2.75) is 13.8 Å². The van der Waals surface area contributed by atoms with E-state index in [9.17, 15) is 0 Å². The predicted octanol–water partition coefficient (Wildman–Crippen LogP) is 0.460. The highest BCUT2D eigenvalue weighted by Crippen LogP contribution is 2.15. The monoisotopic (exact) mass is 222 g/mol. The van der Waals surface area contributed by atoms with Crippen molar-refractivity contribution in [3.05, 3.63) is 29.3 Å². The Morgan fingerprint density at radius 2 is 2.06 bits per heavy atom. The maximum Gasteiger partial charge on any atom is 0.208 e. The number of benzene rings is 1. The second-order valence-electron chi connectivity index (χ2n) is 3.54. The SMILES string of the molecule is Cc1ccc(OCCNN=C(N)N)cc1C. The number of guanidine groups is 1. The fraction of sp³-hybridized carbons (Fsp3) is 0.364. The molecular formula is C11H18N4O. The van der Waals surface area contributed by atoms with Crippen LogP contribution in [0.2, 0.25) is 0 Å². The number of ether oxygens (including phenoxy) is 1. The van der Waals surface area contributed by atoms with Gasteiger partial charge in [-0.1, -0.05) is 6.07 Å². The Kier molecular flexibility index (Phi) is 4.44. The van der Waals surface area contributed by atoms with Crippen LogP contribution in [-0.4, -0.2) is 19.1 Å². The molecular weight excluding hydrogens is 204 g/mol. The highest BCUT2D eigenvalue weighted by molar-refractivity contribution is 5.75. The van der Waals surface area contributed by atoms with E-state index >= 15 is 0 Å². The van der Waals surface area contributed by atoms with Crippen molar-refractivity contribution < 1.29 is 4.74 Å². The molecule has 1 aromatic carbocycles. The molecule has 5 N–H and O–H groups in total. The van der Waals surface area contributed by atoms with E-state index in [2.05, 4.69) is 24.4 Å². The van der Waals surface area contributed by atoms with Crippen LogP contribution < -0.4 is 21.6 Å². The van der Waals surface area contributed by atoms with Gasteiger partial charge in [0.25, 0.3) is 0 Å². The summed E-state index contributed by atoms with van der Waals surface area (Å²) in [4.78, 5) is 0. The minimum Gasteiger partial charge on any atom is -0.492 e. The lowest BCUT2D eigenvalue weighted by Gasteiger charge is -2.08. The van der Waals surface area contributed by atoms with Crippen molar-refractivity contribution >= 4 is 5.96 Å². The van der Waals surface area contributed by atoms with Gasteiger partial charge < -0.3 is 21.6 Å². The van der Waals surface area contributed by atoms with Crippen LogP contribution in [0.4, 0.5) is 0 Å². The molecule has 0 spiro atoms.